The molecular weight excluding hydrogens is 250 g/mol. The lowest BCUT2D eigenvalue weighted by Crippen LogP contribution is -2.37. The van der Waals surface area contributed by atoms with Gasteiger partial charge in [-0.2, -0.15) is 0 Å². The van der Waals surface area contributed by atoms with Gasteiger partial charge in [-0.1, -0.05) is 48.5 Å². The molecule has 0 radical (unpaired) electrons. The van der Waals surface area contributed by atoms with E-state index in [0.717, 1.165) is 17.4 Å². The van der Waals surface area contributed by atoms with E-state index in [9.17, 15) is 9.59 Å². The number of aldehydes is 1. The fourth-order valence-electron chi connectivity index (χ4n) is 2.07. The summed E-state index contributed by atoms with van der Waals surface area (Å²) in [6, 6.07) is 16.5. The Bertz CT molecular complexity index is 593. The Morgan fingerprint density at radius 1 is 1.10 bits per heavy atom. The Hall–Kier alpha value is -2.42. The summed E-state index contributed by atoms with van der Waals surface area (Å²) in [4.78, 5) is 23.3. The summed E-state index contributed by atoms with van der Waals surface area (Å²) < 4.78 is 0. The molecule has 0 heterocycles. The van der Waals surface area contributed by atoms with Crippen LogP contribution in [-0.4, -0.2) is 18.2 Å². The predicted molar refractivity (Wildman–Crippen MR) is 78.6 cm³/mol. The van der Waals surface area contributed by atoms with Gasteiger partial charge in [0.05, 0.1) is 6.04 Å². The van der Waals surface area contributed by atoms with Crippen LogP contribution in [0.4, 0.5) is 0 Å². The standard InChI is InChI=1S/C17H17NO2/c1-13-7-5-6-10-16(13)17(20)18-15(12-19)11-14-8-3-2-4-9-14/h2-10,12,15H,11H2,1H3,(H,18,20). The molecular formula is C17H17NO2. The second-order valence-corrected chi connectivity index (χ2v) is 4.72. The zero-order valence-corrected chi connectivity index (χ0v) is 11.4. The molecule has 3 nitrogen and oxygen atoms in total. The summed E-state index contributed by atoms with van der Waals surface area (Å²) in [5.41, 5.74) is 2.52. The molecule has 0 fully saturated rings. The van der Waals surface area contributed by atoms with Crippen molar-refractivity contribution in [2.24, 2.45) is 0 Å². The Labute approximate surface area is 118 Å². The number of carbonyl (C=O) groups is 2. The molecule has 1 amide bonds. The normalized spacial score (nSPS) is 11.7. The molecule has 1 N–H and O–H groups in total. The van der Waals surface area contributed by atoms with E-state index in [1.807, 2.05) is 55.5 Å². The molecule has 0 aliphatic carbocycles. The van der Waals surface area contributed by atoms with Gasteiger partial charge in [0, 0.05) is 5.56 Å². The Morgan fingerprint density at radius 3 is 2.40 bits per heavy atom. The van der Waals surface area contributed by atoms with Crippen LogP contribution in [0.3, 0.4) is 0 Å². The molecule has 0 aromatic heterocycles. The van der Waals surface area contributed by atoms with Crippen LogP contribution in [0.25, 0.3) is 0 Å². The molecule has 0 aliphatic rings. The minimum Gasteiger partial charge on any atom is -0.342 e. The maximum absolute atomic E-state index is 12.2. The van der Waals surface area contributed by atoms with Crippen LogP contribution in [0.2, 0.25) is 0 Å². The zero-order chi connectivity index (χ0) is 14.4. The third-order valence-electron chi connectivity index (χ3n) is 3.17. The first-order valence-electron chi connectivity index (χ1n) is 6.56. The molecule has 0 saturated carbocycles. The summed E-state index contributed by atoms with van der Waals surface area (Å²) in [7, 11) is 0. The molecule has 0 saturated heterocycles. The van der Waals surface area contributed by atoms with Gasteiger partial charge >= 0.3 is 0 Å². The van der Waals surface area contributed by atoms with Gasteiger partial charge in [0.1, 0.15) is 6.29 Å². The van der Waals surface area contributed by atoms with Crippen molar-refractivity contribution >= 4 is 12.2 Å². The molecule has 1 atom stereocenters. The van der Waals surface area contributed by atoms with Crippen molar-refractivity contribution in [1.82, 2.24) is 5.32 Å². The van der Waals surface area contributed by atoms with Crippen LogP contribution in [0.15, 0.2) is 54.6 Å². The first kappa shape index (κ1) is 14.0. The number of amides is 1. The van der Waals surface area contributed by atoms with Crippen molar-refractivity contribution < 1.29 is 9.59 Å². The number of nitrogens with one attached hydrogen (secondary N) is 1. The van der Waals surface area contributed by atoms with Crippen LogP contribution in [0.5, 0.6) is 0 Å². The third kappa shape index (κ3) is 3.54. The highest BCUT2D eigenvalue weighted by atomic mass is 16.2. The van der Waals surface area contributed by atoms with Crippen molar-refractivity contribution in [2.75, 3.05) is 0 Å². The fourth-order valence-corrected chi connectivity index (χ4v) is 2.07. The van der Waals surface area contributed by atoms with Crippen LogP contribution in [0, 0.1) is 6.92 Å². The van der Waals surface area contributed by atoms with Crippen LogP contribution in [-0.2, 0) is 11.2 Å². The summed E-state index contributed by atoms with van der Waals surface area (Å²) in [5.74, 6) is -0.212. The maximum atomic E-state index is 12.2. The number of hydrogen-bond acceptors (Lipinski definition) is 2. The topological polar surface area (TPSA) is 46.2 Å². The van der Waals surface area contributed by atoms with Gasteiger partial charge < -0.3 is 10.1 Å². The lowest BCUT2D eigenvalue weighted by molar-refractivity contribution is -0.109. The van der Waals surface area contributed by atoms with E-state index in [0.29, 0.717) is 12.0 Å². The van der Waals surface area contributed by atoms with Gasteiger partial charge in [-0.25, -0.2) is 0 Å². The molecule has 20 heavy (non-hydrogen) atoms. The van der Waals surface area contributed by atoms with Crippen molar-refractivity contribution in [3.8, 4) is 0 Å². The summed E-state index contributed by atoms with van der Waals surface area (Å²) >= 11 is 0. The van der Waals surface area contributed by atoms with Gasteiger partial charge in [-0.3, -0.25) is 4.79 Å². The molecule has 2 aromatic rings. The van der Waals surface area contributed by atoms with E-state index in [1.54, 1.807) is 6.07 Å². The van der Waals surface area contributed by atoms with Crippen LogP contribution >= 0.6 is 0 Å². The second-order valence-electron chi connectivity index (χ2n) is 4.72. The molecule has 0 aliphatic heterocycles. The number of benzene rings is 2. The van der Waals surface area contributed by atoms with Crippen LogP contribution in [0.1, 0.15) is 21.5 Å². The molecule has 2 rings (SSSR count). The highest BCUT2D eigenvalue weighted by molar-refractivity contribution is 5.96. The van der Waals surface area contributed by atoms with Gasteiger partial charge in [0.2, 0.25) is 0 Å². The molecule has 0 bridgehead atoms. The Balaban J connectivity index is 2.05. The first-order valence-corrected chi connectivity index (χ1v) is 6.56. The molecule has 2 aromatic carbocycles. The monoisotopic (exact) mass is 267 g/mol. The molecule has 0 spiro atoms. The zero-order valence-electron chi connectivity index (χ0n) is 11.4. The van der Waals surface area contributed by atoms with Gasteiger partial charge in [0.15, 0.2) is 0 Å². The van der Waals surface area contributed by atoms with Crippen molar-refractivity contribution in [1.29, 1.82) is 0 Å². The molecule has 3 heteroatoms. The van der Waals surface area contributed by atoms with Gasteiger partial charge in [-0.05, 0) is 30.5 Å². The van der Waals surface area contributed by atoms with Gasteiger partial charge in [-0.15, -0.1) is 0 Å². The largest absolute Gasteiger partial charge is 0.342 e. The third-order valence-corrected chi connectivity index (χ3v) is 3.17. The SMILES string of the molecule is Cc1ccccc1C(=O)NC(C=O)Cc1ccccc1. The second kappa shape index (κ2) is 6.66. The maximum Gasteiger partial charge on any atom is 0.252 e. The number of rotatable bonds is 5. The minimum absolute atomic E-state index is 0.212. The highest BCUT2D eigenvalue weighted by Crippen LogP contribution is 2.08. The summed E-state index contributed by atoms with van der Waals surface area (Å²) in [6.45, 7) is 1.88. The minimum atomic E-state index is -0.510. The number of carbonyl (C=O) groups excluding carboxylic acids is 2. The van der Waals surface area contributed by atoms with Crippen molar-refractivity contribution in [3.05, 3.63) is 71.3 Å². The average molecular weight is 267 g/mol. The summed E-state index contributed by atoms with van der Waals surface area (Å²) in [6.07, 6.45) is 1.28. The van der Waals surface area contributed by atoms with Crippen LogP contribution < -0.4 is 5.32 Å². The Kier molecular flexibility index (Phi) is 4.66. The number of hydrogen-bond donors (Lipinski definition) is 1. The quantitative estimate of drug-likeness (QED) is 0.846. The van der Waals surface area contributed by atoms with E-state index in [1.165, 1.54) is 0 Å². The Morgan fingerprint density at radius 2 is 1.75 bits per heavy atom. The molecule has 1 unspecified atom stereocenters. The van der Waals surface area contributed by atoms with E-state index >= 15 is 0 Å². The van der Waals surface area contributed by atoms with Crippen molar-refractivity contribution in [2.45, 2.75) is 19.4 Å². The van der Waals surface area contributed by atoms with E-state index in [2.05, 4.69) is 5.32 Å². The van der Waals surface area contributed by atoms with E-state index in [4.69, 9.17) is 0 Å². The fraction of sp³-hybridized carbons (Fsp3) is 0.176. The smallest absolute Gasteiger partial charge is 0.252 e. The first-order chi connectivity index (χ1) is 9.70. The molecule has 102 valence electrons. The highest BCUT2D eigenvalue weighted by Gasteiger charge is 2.14. The summed E-state index contributed by atoms with van der Waals surface area (Å²) in [5, 5.41) is 2.77. The predicted octanol–water partition coefficient (Wildman–Crippen LogP) is 2.54. The van der Waals surface area contributed by atoms with E-state index < -0.39 is 6.04 Å². The van der Waals surface area contributed by atoms with Gasteiger partial charge in [0.25, 0.3) is 5.91 Å². The van der Waals surface area contributed by atoms with Crippen molar-refractivity contribution in [3.63, 3.8) is 0 Å². The lowest BCUT2D eigenvalue weighted by atomic mass is 10.1. The average Bonchev–Trinajstić information content (AvgIpc) is 2.48. The van der Waals surface area contributed by atoms with E-state index in [-0.39, 0.29) is 5.91 Å². The lowest BCUT2D eigenvalue weighted by Gasteiger charge is -2.14. The number of aryl methyl sites for hydroxylation is 1.